The molecule has 0 spiro atoms. The Morgan fingerprint density at radius 1 is 1.20 bits per heavy atom. The normalized spacial score (nSPS) is 11.0. The monoisotopic (exact) mass is 371 g/mol. The van der Waals surface area contributed by atoms with Crippen LogP contribution in [0.4, 0.5) is 10.2 Å². The van der Waals surface area contributed by atoms with Crippen molar-refractivity contribution in [1.82, 2.24) is 9.38 Å². The first-order valence-corrected chi connectivity index (χ1v) is 8.66. The zero-order valence-corrected chi connectivity index (χ0v) is 14.3. The van der Waals surface area contributed by atoms with E-state index < -0.39 is 0 Å². The van der Waals surface area contributed by atoms with Gasteiger partial charge >= 0.3 is 0 Å². The number of nitrogens with zero attached hydrogens (tertiary/aromatic N) is 2. The molecule has 0 radical (unpaired) electrons. The fourth-order valence-corrected chi connectivity index (χ4v) is 3.43. The molecule has 2 aromatic heterocycles. The summed E-state index contributed by atoms with van der Waals surface area (Å²) in [6, 6.07) is 12.7. The van der Waals surface area contributed by atoms with E-state index in [1.54, 1.807) is 40.8 Å². The molecule has 0 unspecified atom stereocenters. The minimum absolute atomic E-state index is 0.293. The molecule has 0 fully saturated rings. The predicted molar refractivity (Wildman–Crippen MR) is 97.9 cm³/mol. The Kier molecular flexibility index (Phi) is 3.99. The molecule has 0 bridgehead atoms. The highest BCUT2D eigenvalue weighted by molar-refractivity contribution is 7.15. The van der Waals surface area contributed by atoms with Gasteiger partial charge < -0.3 is 5.32 Å². The first kappa shape index (κ1) is 15.8. The van der Waals surface area contributed by atoms with Crippen LogP contribution in [-0.4, -0.2) is 15.3 Å². The molecule has 4 aromatic rings. The molecule has 124 valence electrons. The van der Waals surface area contributed by atoms with Crippen LogP contribution >= 0.6 is 22.9 Å². The fraction of sp³-hybridized carbons (Fsp3) is 0. The summed E-state index contributed by atoms with van der Waals surface area (Å²) < 4.78 is 15.0. The molecule has 0 saturated heterocycles. The summed E-state index contributed by atoms with van der Waals surface area (Å²) in [6.45, 7) is 0. The minimum atomic E-state index is -0.325. The second kappa shape index (κ2) is 6.31. The van der Waals surface area contributed by atoms with Crippen LogP contribution in [0.5, 0.6) is 0 Å². The number of carbonyl (C=O) groups is 1. The fourth-order valence-electron chi connectivity index (χ4n) is 2.52. The van der Waals surface area contributed by atoms with Gasteiger partial charge in [0, 0.05) is 27.7 Å². The second-order valence-corrected chi connectivity index (χ2v) is 6.65. The minimum Gasteiger partial charge on any atom is -0.306 e. The van der Waals surface area contributed by atoms with Crippen molar-refractivity contribution in [2.45, 2.75) is 0 Å². The molecule has 0 aliphatic rings. The summed E-state index contributed by atoms with van der Waals surface area (Å²) in [4.78, 5) is 17.9. The van der Waals surface area contributed by atoms with Crippen LogP contribution in [0.15, 0.2) is 60.1 Å². The summed E-state index contributed by atoms with van der Waals surface area (Å²) in [5.74, 6) is -0.0824. The van der Waals surface area contributed by atoms with Crippen LogP contribution in [0.2, 0.25) is 5.02 Å². The number of hydrogen-bond donors (Lipinski definition) is 1. The van der Waals surface area contributed by atoms with Crippen molar-refractivity contribution < 1.29 is 9.18 Å². The number of halogens is 2. The van der Waals surface area contributed by atoms with Crippen molar-refractivity contribution in [2.24, 2.45) is 0 Å². The SMILES string of the molecule is O=C(Nc1c(-c2ccc(F)cc2)nc2sccn12)c1cccc(Cl)c1. The number of imidazole rings is 1. The van der Waals surface area contributed by atoms with Gasteiger partial charge in [0.2, 0.25) is 0 Å². The van der Waals surface area contributed by atoms with Crippen molar-refractivity contribution in [3.63, 3.8) is 0 Å². The number of fused-ring (bicyclic) bond motifs is 1. The Balaban J connectivity index is 1.77. The molecular formula is C18H11ClFN3OS. The second-order valence-electron chi connectivity index (χ2n) is 5.34. The van der Waals surface area contributed by atoms with Crippen molar-refractivity contribution >= 4 is 39.6 Å². The lowest BCUT2D eigenvalue weighted by molar-refractivity contribution is 0.102. The first-order valence-electron chi connectivity index (χ1n) is 7.40. The molecule has 7 heteroatoms. The number of amides is 1. The third kappa shape index (κ3) is 3.01. The number of aromatic nitrogens is 2. The van der Waals surface area contributed by atoms with E-state index in [1.807, 2.05) is 11.6 Å². The standard InChI is InChI=1S/C18H11ClFN3OS/c19-13-3-1-2-12(10-13)17(24)22-16-15(11-4-6-14(20)7-5-11)21-18-23(16)8-9-25-18/h1-10H,(H,22,24). The van der Waals surface area contributed by atoms with E-state index in [-0.39, 0.29) is 11.7 Å². The molecular weight excluding hydrogens is 361 g/mol. The number of anilines is 1. The predicted octanol–water partition coefficient (Wildman–Crippen LogP) is 5.11. The van der Waals surface area contributed by atoms with E-state index in [4.69, 9.17) is 11.6 Å². The average Bonchev–Trinajstić information content (AvgIpc) is 3.18. The van der Waals surface area contributed by atoms with Gasteiger partial charge in [0.15, 0.2) is 4.96 Å². The molecule has 1 N–H and O–H groups in total. The smallest absolute Gasteiger partial charge is 0.256 e. The lowest BCUT2D eigenvalue weighted by Crippen LogP contribution is -2.13. The van der Waals surface area contributed by atoms with Crippen LogP contribution in [0.3, 0.4) is 0 Å². The maximum absolute atomic E-state index is 13.2. The third-order valence-corrected chi connectivity index (χ3v) is 4.69. The maximum Gasteiger partial charge on any atom is 0.256 e. The van der Waals surface area contributed by atoms with Crippen molar-refractivity contribution in [1.29, 1.82) is 0 Å². The number of hydrogen-bond acceptors (Lipinski definition) is 3. The van der Waals surface area contributed by atoms with Crippen LogP contribution in [0.1, 0.15) is 10.4 Å². The quantitative estimate of drug-likeness (QED) is 0.544. The van der Waals surface area contributed by atoms with E-state index in [0.29, 0.717) is 22.1 Å². The van der Waals surface area contributed by atoms with Crippen LogP contribution in [0, 0.1) is 5.82 Å². The van der Waals surface area contributed by atoms with Gasteiger partial charge in [-0.15, -0.1) is 11.3 Å². The summed E-state index contributed by atoms with van der Waals surface area (Å²) in [5.41, 5.74) is 1.75. The van der Waals surface area contributed by atoms with E-state index in [0.717, 1.165) is 10.5 Å². The molecule has 25 heavy (non-hydrogen) atoms. The molecule has 1 amide bonds. The highest BCUT2D eigenvalue weighted by Crippen LogP contribution is 2.31. The maximum atomic E-state index is 13.2. The van der Waals surface area contributed by atoms with Gasteiger partial charge in [-0.2, -0.15) is 0 Å². The van der Waals surface area contributed by atoms with Crippen molar-refractivity contribution in [3.8, 4) is 11.3 Å². The number of thiazole rings is 1. The average molecular weight is 372 g/mol. The van der Waals surface area contributed by atoms with Crippen LogP contribution < -0.4 is 5.32 Å². The molecule has 0 aliphatic carbocycles. The lowest BCUT2D eigenvalue weighted by Gasteiger charge is -2.07. The molecule has 2 aromatic carbocycles. The van der Waals surface area contributed by atoms with Gasteiger partial charge in [-0.05, 0) is 42.5 Å². The van der Waals surface area contributed by atoms with E-state index in [9.17, 15) is 9.18 Å². The topological polar surface area (TPSA) is 46.4 Å². The van der Waals surface area contributed by atoms with Crippen LogP contribution in [-0.2, 0) is 0 Å². The molecule has 0 saturated carbocycles. The number of carbonyl (C=O) groups excluding carboxylic acids is 1. The molecule has 2 heterocycles. The van der Waals surface area contributed by atoms with Gasteiger partial charge in [0.05, 0.1) is 0 Å². The van der Waals surface area contributed by atoms with Crippen molar-refractivity contribution in [2.75, 3.05) is 5.32 Å². The Bertz CT molecular complexity index is 1070. The van der Waals surface area contributed by atoms with Gasteiger partial charge in [-0.25, -0.2) is 9.37 Å². The van der Waals surface area contributed by atoms with Gasteiger partial charge in [-0.3, -0.25) is 9.20 Å². The van der Waals surface area contributed by atoms with Crippen molar-refractivity contribution in [3.05, 3.63) is 76.5 Å². The Morgan fingerprint density at radius 3 is 2.76 bits per heavy atom. The lowest BCUT2D eigenvalue weighted by atomic mass is 10.1. The van der Waals surface area contributed by atoms with Crippen LogP contribution in [0.25, 0.3) is 16.2 Å². The van der Waals surface area contributed by atoms with Gasteiger partial charge in [0.25, 0.3) is 5.91 Å². The number of nitrogens with one attached hydrogen (secondary N) is 1. The number of rotatable bonds is 3. The summed E-state index contributed by atoms with van der Waals surface area (Å²) in [6.07, 6.45) is 1.83. The Hall–Kier alpha value is -2.70. The first-order chi connectivity index (χ1) is 12.1. The van der Waals surface area contributed by atoms with Gasteiger partial charge in [-0.1, -0.05) is 17.7 Å². The molecule has 0 atom stereocenters. The highest BCUT2D eigenvalue weighted by Gasteiger charge is 2.18. The zero-order chi connectivity index (χ0) is 17.4. The Morgan fingerprint density at radius 2 is 2.00 bits per heavy atom. The number of benzene rings is 2. The van der Waals surface area contributed by atoms with E-state index >= 15 is 0 Å². The third-order valence-electron chi connectivity index (χ3n) is 3.70. The molecule has 0 aliphatic heterocycles. The van der Waals surface area contributed by atoms with E-state index in [1.165, 1.54) is 23.5 Å². The summed E-state index contributed by atoms with van der Waals surface area (Å²) in [7, 11) is 0. The summed E-state index contributed by atoms with van der Waals surface area (Å²) in [5, 5.41) is 5.26. The molecule has 4 rings (SSSR count). The zero-order valence-electron chi connectivity index (χ0n) is 12.7. The van der Waals surface area contributed by atoms with Gasteiger partial charge in [0.1, 0.15) is 17.3 Å². The summed E-state index contributed by atoms with van der Waals surface area (Å²) >= 11 is 7.41. The molecule has 4 nitrogen and oxygen atoms in total. The largest absolute Gasteiger partial charge is 0.306 e. The van der Waals surface area contributed by atoms with E-state index in [2.05, 4.69) is 10.3 Å². The highest BCUT2D eigenvalue weighted by atomic mass is 35.5. The Labute approximate surface area is 151 Å².